The number of para-hydroxylation sites is 2. The maximum Gasteiger partial charge on any atom is 0.228 e. The first-order chi connectivity index (χ1) is 24.5. The Morgan fingerprint density at radius 3 is 2.08 bits per heavy atom. The van der Waals surface area contributed by atoms with Gasteiger partial charge in [0, 0.05) is 47.1 Å². The van der Waals surface area contributed by atoms with E-state index in [1.807, 2.05) is 67.7 Å². The standard InChI is InChI=1S/C43H60N4O4/c1-10-30(3)35(46-41(48)28-33-17-12-14-21-38(33)50-8)23-24-36(44-6)31-19-16-20-32(27-31)37(45-7)25-26-40(43(4,5)11-2)47-42(49)29-34-18-13-15-22-39(34)51-9/h12-15,17-18,21-26,30-32,40H,6,10-11,16,19-20,27-29H2,1-5,7-9H3,(H,46,48)(H,47,49). The number of allylic oxidation sites excluding steroid dienone is 5. The van der Waals surface area contributed by atoms with Gasteiger partial charge in [-0.05, 0) is 80.5 Å². The van der Waals surface area contributed by atoms with Crippen LogP contribution in [0.4, 0.5) is 0 Å². The molecule has 8 heteroatoms. The van der Waals surface area contributed by atoms with Crippen molar-refractivity contribution >= 4 is 24.2 Å². The number of hydrogen-bond acceptors (Lipinski definition) is 6. The number of hydrogen-bond donors (Lipinski definition) is 2. The van der Waals surface area contributed by atoms with Gasteiger partial charge < -0.3 is 20.1 Å². The number of methoxy groups -OCH3 is 2. The summed E-state index contributed by atoms with van der Waals surface area (Å²) < 4.78 is 10.9. The van der Waals surface area contributed by atoms with Crippen molar-refractivity contribution in [2.45, 2.75) is 92.0 Å². The summed E-state index contributed by atoms with van der Waals surface area (Å²) in [6, 6.07) is 15.1. The van der Waals surface area contributed by atoms with Crippen LogP contribution in [0.1, 0.15) is 84.3 Å². The molecule has 0 radical (unpaired) electrons. The number of carbonyl (C=O) groups is 2. The summed E-state index contributed by atoms with van der Waals surface area (Å²) >= 11 is 0. The Balaban J connectivity index is 1.76. The topological polar surface area (TPSA) is 101 Å². The van der Waals surface area contributed by atoms with E-state index >= 15 is 0 Å². The molecule has 3 rings (SSSR count). The second kappa shape index (κ2) is 20.4. The van der Waals surface area contributed by atoms with E-state index in [9.17, 15) is 9.59 Å². The van der Waals surface area contributed by atoms with Crippen LogP contribution in [-0.2, 0) is 22.4 Å². The first-order valence-electron chi connectivity index (χ1n) is 18.4. The number of nitrogens with one attached hydrogen (secondary N) is 2. The van der Waals surface area contributed by atoms with Gasteiger partial charge in [-0.1, -0.05) is 83.5 Å². The zero-order chi connectivity index (χ0) is 37.4. The van der Waals surface area contributed by atoms with Gasteiger partial charge in [0.25, 0.3) is 0 Å². The average molecular weight is 697 g/mol. The summed E-state index contributed by atoms with van der Waals surface area (Å²) in [4.78, 5) is 35.6. The quantitative estimate of drug-likeness (QED) is 0.121. The van der Waals surface area contributed by atoms with E-state index < -0.39 is 0 Å². The molecule has 2 N–H and O–H groups in total. The minimum atomic E-state index is -0.173. The Kier molecular flexibility index (Phi) is 16.4. The third-order valence-corrected chi connectivity index (χ3v) is 10.4. The third kappa shape index (κ3) is 12.1. The van der Waals surface area contributed by atoms with E-state index in [4.69, 9.17) is 14.5 Å². The SMILES string of the molecule is C=NC(=CC=C(NC(=O)Cc1ccccc1OC)C(C)CC)C1CCCC(C(C=CC(NC(=O)Cc2ccccc2OC)C(C)(C)CC)=NC)C1. The van der Waals surface area contributed by atoms with Gasteiger partial charge in [-0.3, -0.25) is 19.6 Å². The molecule has 2 aromatic carbocycles. The fourth-order valence-electron chi connectivity index (χ4n) is 6.55. The lowest BCUT2D eigenvalue weighted by molar-refractivity contribution is -0.121. The zero-order valence-electron chi connectivity index (χ0n) is 32.1. The molecule has 1 aliphatic carbocycles. The van der Waals surface area contributed by atoms with E-state index in [0.29, 0.717) is 11.5 Å². The highest BCUT2D eigenvalue weighted by atomic mass is 16.5. The number of rotatable bonds is 18. The average Bonchev–Trinajstić information content (AvgIpc) is 3.14. The number of nitrogens with zero attached hydrogens (tertiary/aromatic N) is 2. The fraction of sp³-hybridized carbons (Fsp3) is 0.488. The molecule has 2 aromatic rings. The van der Waals surface area contributed by atoms with Gasteiger partial charge in [-0.2, -0.15) is 0 Å². The molecule has 0 aromatic heterocycles. The number of carbonyl (C=O) groups excluding carboxylic acids is 2. The Labute approximate surface area is 306 Å². The summed E-state index contributed by atoms with van der Waals surface area (Å²) in [7, 11) is 5.09. The highest BCUT2D eigenvalue weighted by Gasteiger charge is 2.30. The molecule has 276 valence electrons. The van der Waals surface area contributed by atoms with Gasteiger partial charge in [0.15, 0.2) is 0 Å². The normalized spacial score (nSPS) is 18.5. The largest absolute Gasteiger partial charge is 0.496 e. The Hall–Kier alpha value is -4.46. The number of ether oxygens (including phenoxy) is 2. The molecule has 2 amide bonds. The molecule has 0 bridgehead atoms. The number of benzene rings is 2. The summed E-state index contributed by atoms with van der Waals surface area (Å²) in [5.74, 6) is 1.92. The van der Waals surface area contributed by atoms with Crippen LogP contribution in [0, 0.1) is 23.2 Å². The second-order valence-electron chi connectivity index (χ2n) is 14.2. The van der Waals surface area contributed by atoms with Gasteiger partial charge in [0.2, 0.25) is 11.8 Å². The zero-order valence-corrected chi connectivity index (χ0v) is 32.1. The van der Waals surface area contributed by atoms with E-state index in [1.54, 1.807) is 14.2 Å². The minimum Gasteiger partial charge on any atom is -0.496 e. The molecule has 51 heavy (non-hydrogen) atoms. The van der Waals surface area contributed by atoms with E-state index in [1.165, 1.54) is 0 Å². The van der Waals surface area contributed by atoms with Crippen molar-refractivity contribution in [1.29, 1.82) is 0 Å². The number of amides is 2. The molecule has 0 saturated heterocycles. The molecular formula is C43H60N4O4. The molecule has 4 atom stereocenters. The van der Waals surface area contributed by atoms with E-state index in [-0.39, 0.29) is 53.9 Å². The van der Waals surface area contributed by atoms with E-state index in [0.717, 1.165) is 66.8 Å². The molecule has 0 spiro atoms. The summed E-state index contributed by atoms with van der Waals surface area (Å²) in [5.41, 5.74) is 4.36. The van der Waals surface area contributed by atoms with Crippen LogP contribution in [0.2, 0.25) is 0 Å². The van der Waals surface area contributed by atoms with Crippen molar-refractivity contribution < 1.29 is 19.1 Å². The van der Waals surface area contributed by atoms with Crippen LogP contribution in [0.25, 0.3) is 0 Å². The monoisotopic (exact) mass is 696 g/mol. The molecule has 1 fully saturated rings. The summed E-state index contributed by atoms with van der Waals surface area (Å²) in [6.45, 7) is 14.7. The lowest BCUT2D eigenvalue weighted by Gasteiger charge is -2.33. The molecule has 1 saturated carbocycles. The van der Waals surface area contributed by atoms with E-state index in [2.05, 4.69) is 69.1 Å². The van der Waals surface area contributed by atoms with Gasteiger partial charge in [-0.15, -0.1) is 0 Å². The van der Waals surface area contributed by atoms with Crippen molar-refractivity contribution in [1.82, 2.24) is 10.6 Å². The van der Waals surface area contributed by atoms with Crippen molar-refractivity contribution in [3.63, 3.8) is 0 Å². The van der Waals surface area contributed by atoms with Crippen LogP contribution >= 0.6 is 0 Å². The predicted molar refractivity (Wildman–Crippen MR) is 211 cm³/mol. The van der Waals surface area contributed by atoms with Crippen LogP contribution < -0.4 is 20.1 Å². The lowest BCUT2D eigenvalue weighted by Crippen LogP contribution is -2.44. The Morgan fingerprint density at radius 1 is 0.941 bits per heavy atom. The molecule has 0 heterocycles. The highest BCUT2D eigenvalue weighted by Crippen LogP contribution is 2.36. The maximum atomic E-state index is 13.3. The van der Waals surface area contributed by atoms with Gasteiger partial charge in [0.1, 0.15) is 11.5 Å². The molecule has 8 nitrogen and oxygen atoms in total. The fourth-order valence-corrected chi connectivity index (χ4v) is 6.55. The first-order valence-corrected chi connectivity index (χ1v) is 18.4. The van der Waals surface area contributed by atoms with Crippen LogP contribution in [-0.4, -0.2) is 51.6 Å². The molecule has 4 unspecified atom stereocenters. The first kappa shape index (κ1) is 41.0. The predicted octanol–water partition coefficient (Wildman–Crippen LogP) is 8.47. The third-order valence-electron chi connectivity index (χ3n) is 10.4. The second-order valence-corrected chi connectivity index (χ2v) is 14.2. The lowest BCUT2D eigenvalue weighted by atomic mass is 9.76. The van der Waals surface area contributed by atoms with Crippen LogP contribution in [0.3, 0.4) is 0 Å². The van der Waals surface area contributed by atoms with Crippen LogP contribution in [0.5, 0.6) is 11.5 Å². The number of aliphatic imine (C=N–C) groups is 2. The van der Waals surface area contributed by atoms with Crippen molar-refractivity contribution in [2.24, 2.45) is 33.2 Å². The summed E-state index contributed by atoms with van der Waals surface area (Å²) in [5, 5.41) is 6.45. The maximum absolute atomic E-state index is 13.3. The van der Waals surface area contributed by atoms with Crippen molar-refractivity contribution in [3.8, 4) is 11.5 Å². The highest BCUT2D eigenvalue weighted by molar-refractivity contribution is 5.97. The molecular weight excluding hydrogens is 636 g/mol. The van der Waals surface area contributed by atoms with Gasteiger partial charge in [0.05, 0.1) is 33.1 Å². The van der Waals surface area contributed by atoms with Gasteiger partial charge in [-0.25, -0.2) is 0 Å². The smallest absolute Gasteiger partial charge is 0.228 e. The Bertz CT molecular complexity index is 1590. The van der Waals surface area contributed by atoms with Crippen molar-refractivity contribution in [2.75, 3.05) is 21.3 Å². The Morgan fingerprint density at radius 2 is 1.53 bits per heavy atom. The molecule has 1 aliphatic rings. The van der Waals surface area contributed by atoms with Crippen molar-refractivity contribution in [3.05, 3.63) is 95.4 Å². The van der Waals surface area contributed by atoms with Gasteiger partial charge >= 0.3 is 0 Å². The minimum absolute atomic E-state index is 0.0453. The molecule has 0 aliphatic heterocycles. The van der Waals surface area contributed by atoms with Crippen LogP contribution in [0.15, 0.2) is 94.2 Å². The summed E-state index contributed by atoms with van der Waals surface area (Å²) in [6.07, 6.45) is 14.5.